The van der Waals surface area contributed by atoms with Gasteiger partial charge in [0.05, 0.1) is 6.54 Å². The standard InChI is InChI=1S/C12H25N3O2/c1-4-6-7-15(9-11(13)16)12(17)8-10(3)14-5-2/h10,14H,4-9H2,1-3H3,(H2,13,16). The van der Waals surface area contributed by atoms with Gasteiger partial charge in [-0.05, 0) is 19.9 Å². The van der Waals surface area contributed by atoms with Gasteiger partial charge in [-0.15, -0.1) is 0 Å². The number of hydrogen-bond donors (Lipinski definition) is 2. The van der Waals surface area contributed by atoms with E-state index in [1.54, 1.807) is 4.90 Å². The Labute approximate surface area is 104 Å². The summed E-state index contributed by atoms with van der Waals surface area (Å²) in [5, 5.41) is 3.18. The van der Waals surface area contributed by atoms with Gasteiger partial charge >= 0.3 is 0 Å². The minimum absolute atomic E-state index is 0.00861. The van der Waals surface area contributed by atoms with E-state index < -0.39 is 5.91 Å². The van der Waals surface area contributed by atoms with Crippen LogP contribution in [0.1, 0.15) is 40.0 Å². The molecule has 0 bridgehead atoms. The lowest BCUT2D eigenvalue weighted by molar-refractivity contribution is -0.135. The van der Waals surface area contributed by atoms with Crippen molar-refractivity contribution in [1.82, 2.24) is 10.2 Å². The van der Waals surface area contributed by atoms with Gasteiger partial charge in [-0.2, -0.15) is 0 Å². The molecule has 0 fully saturated rings. The summed E-state index contributed by atoms with van der Waals surface area (Å²) in [5.41, 5.74) is 5.14. The first-order valence-electron chi connectivity index (χ1n) is 6.30. The fourth-order valence-corrected chi connectivity index (χ4v) is 1.64. The third-order valence-corrected chi connectivity index (χ3v) is 2.51. The van der Waals surface area contributed by atoms with E-state index in [1.165, 1.54) is 0 Å². The highest BCUT2D eigenvalue weighted by Gasteiger charge is 2.17. The molecule has 0 aliphatic rings. The largest absolute Gasteiger partial charge is 0.368 e. The molecule has 100 valence electrons. The van der Waals surface area contributed by atoms with Crippen molar-refractivity contribution in [2.75, 3.05) is 19.6 Å². The first-order valence-corrected chi connectivity index (χ1v) is 6.30. The average Bonchev–Trinajstić information content (AvgIpc) is 2.23. The quantitative estimate of drug-likeness (QED) is 0.619. The maximum Gasteiger partial charge on any atom is 0.237 e. The summed E-state index contributed by atoms with van der Waals surface area (Å²) in [6, 6.07) is 0.129. The van der Waals surface area contributed by atoms with Gasteiger partial charge in [0, 0.05) is 19.0 Å². The van der Waals surface area contributed by atoms with E-state index in [-0.39, 0.29) is 18.5 Å². The van der Waals surface area contributed by atoms with Crippen LogP contribution in [-0.4, -0.2) is 42.4 Å². The van der Waals surface area contributed by atoms with Crippen LogP contribution in [0.25, 0.3) is 0 Å². The number of carbonyl (C=O) groups is 2. The molecular formula is C12H25N3O2. The molecule has 0 aliphatic carbocycles. The van der Waals surface area contributed by atoms with Crippen LogP contribution in [0.15, 0.2) is 0 Å². The summed E-state index contributed by atoms with van der Waals surface area (Å²) in [7, 11) is 0. The molecule has 1 atom stereocenters. The molecule has 0 aromatic heterocycles. The normalized spacial score (nSPS) is 12.2. The number of hydrogen-bond acceptors (Lipinski definition) is 3. The molecule has 2 amide bonds. The molecule has 0 spiro atoms. The zero-order chi connectivity index (χ0) is 13.3. The van der Waals surface area contributed by atoms with Gasteiger partial charge in [0.15, 0.2) is 0 Å². The molecule has 3 N–H and O–H groups in total. The monoisotopic (exact) mass is 243 g/mol. The van der Waals surface area contributed by atoms with Gasteiger partial charge in [0.1, 0.15) is 0 Å². The predicted molar refractivity (Wildman–Crippen MR) is 68.4 cm³/mol. The molecule has 0 saturated heterocycles. The Morgan fingerprint density at radius 1 is 1.35 bits per heavy atom. The number of nitrogens with one attached hydrogen (secondary N) is 1. The van der Waals surface area contributed by atoms with Gasteiger partial charge in [-0.1, -0.05) is 20.3 Å². The number of rotatable bonds is 9. The van der Waals surface area contributed by atoms with Gasteiger partial charge in [-0.3, -0.25) is 9.59 Å². The van der Waals surface area contributed by atoms with Crippen LogP contribution in [0.5, 0.6) is 0 Å². The zero-order valence-electron chi connectivity index (χ0n) is 11.2. The molecule has 1 unspecified atom stereocenters. The minimum atomic E-state index is -0.453. The molecule has 0 aliphatic heterocycles. The van der Waals surface area contributed by atoms with E-state index in [2.05, 4.69) is 5.32 Å². The molecule has 0 heterocycles. The van der Waals surface area contributed by atoms with Crippen molar-refractivity contribution in [3.05, 3.63) is 0 Å². The summed E-state index contributed by atoms with van der Waals surface area (Å²) in [4.78, 5) is 24.4. The predicted octanol–water partition coefficient (Wildman–Crippen LogP) is 0.489. The first kappa shape index (κ1) is 15.9. The first-order chi connectivity index (χ1) is 8.01. The van der Waals surface area contributed by atoms with Crippen LogP contribution in [0.2, 0.25) is 0 Å². The van der Waals surface area contributed by atoms with E-state index in [4.69, 9.17) is 5.73 Å². The Morgan fingerprint density at radius 3 is 2.47 bits per heavy atom. The molecule has 5 nitrogen and oxygen atoms in total. The molecule has 5 heteroatoms. The van der Waals surface area contributed by atoms with Crippen molar-refractivity contribution >= 4 is 11.8 Å². The Balaban J connectivity index is 4.25. The van der Waals surface area contributed by atoms with Crippen LogP contribution in [0.3, 0.4) is 0 Å². The Hall–Kier alpha value is -1.10. The molecule has 0 aromatic carbocycles. The van der Waals surface area contributed by atoms with Crippen molar-refractivity contribution in [3.8, 4) is 0 Å². The Kier molecular flexibility index (Phi) is 8.40. The van der Waals surface area contributed by atoms with Crippen LogP contribution >= 0.6 is 0 Å². The van der Waals surface area contributed by atoms with Crippen LogP contribution in [-0.2, 0) is 9.59 Å². The molecular weight excluding hydrogens is 218 g/mol. The number of amides is 2. The van der Waals surface area contributed by atoms with E-state index in [1.807, 2.05) is 20.8 Å². The summed E-state index contributed by atoms with van der Waals surface area (Å²) < 4.78 is 0. The van der Waals surface area contributed by atoms with Crippen LogP contribution in [0, 0.1) is 0 Å². The third-order valence-electron chi connectivity index (χ3n) is 2.51. The molecule has 0 rings (SSSR count). The van der Waals surface area contributed by atoms with Crippen molar-refractivity contribution in [2.45, 2.75) is 46.1 Å². The van der Waals surface area contributed by atoms with Gasteiger partial charge in [0.25, 0.3) is 0 Å². The molecule has 0 saturated carbocycles. The number of unbranched alkanes of at least 4 members (excludes halogenated alkanes) is 1. The highest BCUT2D eigenvalue weighted by atomic mass is 16.2. The highest BCUT2D eigenvalue weighted by molar-refractivity contribution is 5.84. The smallest absolute Gasteiger partial charge is 0.237 e. The summed E-state index contributed by atoms with van der Waals surface area (Å²) in [6.07, 6.45) is 2.30. The Bertz CT molecular complexity index is 244. The van der Waals surface area contributed by atoms with Gasteiger partial charge in [0.2, 0.25) is 11.8 Å². The fraction of sp³-hybridized carbons (Fsp3) is 0.833. The topological polar surface area (TPSA) is 75.4 Å². The second-order valence-electron chi connectivity index (χ2n) is 4.30. The van der Waals surface area contributed by atoms with E-state index in [0.717, 1.165) is 19.4 Å². The average molecular weight is 243 g/mol. The molecule has 0 aromatic rings. The van der Waals surface area contributed by atoms with Crippen molar-refractivity contribution in [1.29, 1.82) is 0 Å². The number of nitrogens with zero attached hydrogens (tertiary/aromatic N) is 1. The number of nitrogens with two attached hydrogens (primary N) is 1. The summed E-state index contributed by atoms with van der Waals surface area (Å²) in [6.45, 7) is 7.48. The SMILES string of the molecule is CCCCN(CC(N)=O)C(=O)CC(C)NCC. The summed E-state index contributed by atoms with van der Waals surface area (Å²) >= 11 is 0. The van der Waals surface area contributed by atoms with Crippen molar-refractivity contribution < 1.29 is 9.59 Å². The maximum atomic E-state index is 11.9. The Morgan fingerprint density at radius 2 is 2.00 bits per heavy atom. The fourth-order valence-electron chi connectivity index (χ4n) is 1.64. The maximum absolute atomic E-state index is 11.9. The second-order valence-corrected chi connectivity index (χ2v) is 4.30. The van der Waals surface area contributed by atoms with Crippen LogP contribution in [0.4, 0.5) is 0 Å². The van der Waals surface area contributed by atoms with E-state index >= 15 is 0 Å². The van der Waals surface area contributed by atoms with Gasteiger partial charge < -0.3 is 16.0 Å². The lowest BCUT2D eigenvalue weighted by Crippen LogP contribution is -2.41. The molecule has 17 heavy (non-hydrogen) atoms. The lowest BCUT2D eigenvalue weighted by atomic mass is 10.2. The lowest BCUT2D eigenvalue weighted by Gasteiger charge is -2.23. The van der Waals surface area contributed by atoms with Crippen molar-refractivity contribution in [2.24, 2.45) is 5.73 Å². The zero-order valence-corrected chi connectivity index (χ0v) is 11.2. The molecule has 0 radical (unpaired) electrons. The highest BCUT2D eigenvalue weighted by Crippen LogP contribution is 2.01. The minimum Gasteiger partial charge on any atom is -0.368 e. The third kappa shape index (κ3) is 7.74. The van der Waals surface area contributed by atoms with E-state index in [9.17, 15) is 9.59 Å². The summed E-state index contributed by atoms with van der Waals surface area (Å²) in [5.74, 6) is -0.462. The van der Waals surface area contributed by atoms with E-state index in [0.29, 0.717) is 13.0 Å². The number of carbonyl (C=O) groups excluding carboxylic acids is 2. The second kappa shape index (κ2) is 8.98. The number of primary amides is 1. The van der Waals surface area contributed by atoms with Crippen molar-refractivity contribution in [3.63, 3.8) is 0 Å². The van der Waals surface area contributed by atoms with Crippen LogP contribution < -0.4 is 11.1 Å². The van der Waals surface area contributed by atoms with Gasteiger partial charge in [-0.25, -0.2) is 0 Å².